The molecular formula is C21H24N2O2S2. The molecule has 0 bridgehead atoms. The van der Waals surface area contributed by atoms with Gasteiger partial charge in [-0.15, -0.1) is 11.8 Å². The van der Waals surface area contributed by atoms with Gasteiger partial charge < -0.3 is 9.30 Å². The molecule has 27 heavy (non-hydrogen) atoms. The van der Waals surface area contributed by atoms with Gasteiger partial charge in [0.1, 0.15) is 0 Å². The molecule has 1 heterocycles. The predicted octanol–water partition coefficient (Wildman–Crippen LogP) is 4.30. The minimum Gasteiger partial charge on any atom is -0.383 e. The lowest BCUT2D eigenvalue weighted by atomic mass is 10.1. The van der Waals surface area contributed by atoms with Crippen molar-refractivity contribution >= 4 is 39.2 Å². The molecule has 0 radical (unpaired) electrons. The first kappa shape index (κ1) is 19.9. The van der Waals surface area contributed by atoms with E-state index in [2.05, 4.69) is 53.1 Å². The minimum atomic E-state index is -0.123. The van der Waals surface area contributed by atoms with Crippen molar-refractivity contribution < 1.29 is 9.53 Å². The zero-order chi connectivity index (χ0) is 19.2. The molecule has 3 rings (SSSR count). The topological polar surface area (TPSA) is 43.6 Å². The van der Waals surface area contributed by atoms with Gasteiger partial charge in [0.05, 0.1) is 23.2 Å². The van der Waals surface area contributed by atoms with Crippen molar-refractivity contribution in [2.24, 2.45) is 4.99 Å². The highest BCUT2D eigenvalue weighted by Crippen LogP contribution is 2.24. The number of hydrogen-bond acceptors (Lipinski definition) is 4. The minimum absolute atomic E-state index is 0.123. The molecule has 0 saturated carbocycles. The van der Waals surface area contributed by atoms with E-state index in [1.54, 1.807) is 30.2 Å². The van der Waals surface area contributed by atoms with Crippen LogP contribution in [0.1, 0.15) is 18.1 Å². The molecule has 0 unspecified atom stereocenters. The third-order valence-corrected chi connectivity index (χ3v) is 6.18. The molecular weight excluding hydrogens is 376 g/mol. The molecule has 0 atom stereocenters. The number of carbonyl (C=O) groups is 1. The lowest BCUT2D eigenvalue weighted by molar-refractivity contribution is -0.117. The number of thioether (sulfide) groups is 1. The van der Waals surface area contributed by atoms with Crippen molar-refractivity contribution in [2.75, 3.05) is 20.0 Å². The Morgan fingerprint density at radius 3 is 2.59 bits per heavy atom. The van der Waals surface area contributed by atoms with Gasteiger partial charge in [0.2, 0.25) is 0 Å². The molecule has 0 aliphatic heterocycles. The molecule has 6 heteroatoms. The Bertz CT molecular complexity index is 988. The summed E-state index contributed by atoms with van der Waals surface area (Å²) in [4.78, 5) is 18.9. The second kappa shape index (κ2) is 9.35. The fraction of sp³-hybridized carbons (Fsp3) is 0.333. The number of nitrogens with zero attached hydrogens (tertiary/aromatic N) is 2. The Labute approximate surface area is 167 Å². The van der Waals surface area contributed by atoms with Crippen LogP contribution in [-0.4, -0.2) is 30.4 Å². The largest absolute Gasteiger partial charge is 0.383 e. The molecule has 2 aromatic carbocycles. The van der Waals surface area contributed by atoms with Crippen LogP contribution in [0.15, 0.2) is 52.4 Å². The van der Waals surface area contributed by atoms with Crippen molar-refractivity contribution in [1.82, 2.24) is 4.57 Å². The average molecular weight is 401 g/mol. The highest BCUT2D eigenvalue weighted by atomic mass is 32.2. The first-order valence-electron chi connectivity index (χ1n) is 8.96. The van der Waals surface area contributed by atoms with Gasteiger partial charge in [-0.1, -0.05) is 42.5 Å². The number of thiazole rings is 1. The van der Waals surface area contributed by atoms with E-state index < -0.39 is 0 Å². The molecule has 0 aliphatic rings. The lowest BCUT2D eigenvalue weighted by Gasteiger charge is -2.05. The SMILES string of the molecule is CCc1ccc(CC(=O)N=c2sc3cc(SC)ccc3n2CCOC)cc1. The fourth-order valence-corrected chi connectivity index (χ4v) is 4.51. The van der Waals surface area contributed by atoms with Gasteiger partial charge in [-0.05, 0) is 42.0 Å². The quantitative estimate of drug-likeness (QED) is 0.555. The van der Waals surface area contributed by atoms with Crippen molar-refractivity contribution in [3.05, 3.63) is 58.4 Å². The number of methoxy groups -OCH3 is 1. The van der Waals surface area contributed by atoms with Crippen molar-refractivity contribution in [3.8, 4) is 0 Å². The number of fused-ring (bicyclic) bond motifs is 1. The van der Waals surface area contributed by atoms with Crippen LogP contribution in [0, 0.1) is 0 Å². The molecule has 142 valence electrons. The zero-order valence-corrected chi connectivity index (χ0v) is 17.5. The molecule has 0 fully saturated rings. The van der Waals surface area contributed by atoms with E-state index in [0.717, 1.165) is 27.0 Å². The van der Waals surface area contributed by atoms with Crippen LogP contribution in [0.2, 0.25) is 0 Å². The van der Waals surface area contributed by atoms with E-state index in [4.69, 9.17) is 4.74 Å². The summed E-state index contributed by atoms with van der Waals surface area (Å²) in [5.74, 6) is -0.123. The number of rotatable bonds is 7. The number of ether oxygens (including phenoxy) is 1. The molecule has 1 amide bonds. The van der Waals surface area contributed by atoms with Crippen LogP contribution in [0.25, 0.3) is 10.2 Å². The Hall–Kier alpha value is -1.89. The number of amides is 1. The number of benzene rings is 2. The summed E-state index contributed by atoms with van der Waals surface area (Å²) >= 11 is 3.27. The average Bonchev–Trinajstić information content (AvgIpc) is 3.02. The summed E-state index contributed by atoms with van der Waals surface area (Å²) in [5, 5.41) is 0. The molecule has 0 saturated heterocycles. The highest BCUT2D eigenvalue weighted by Gasteiger charge is 2.09. The van der Waals surface area contributed by atoms with Crippen molar-refractivity contribution in [2.45, 2.75) is 31.2 Å². The van der Waals surface area contributed by atoms with Gasteiger partial charge in [0, 0.05) is 18.6 Å². The van der Waals surface area contributed by atoms with Gasteiger partial charge in [0.25, 0.3) is 5.91 Å². The molecule has 0 aliphatic carbocycles. The van der Waals surface area contributed by atoms with Gasteiger partial charge >= 0.3 is 0 Å². The monoisotopic (exact) mass is 400 g/mol. The molecule has 3 aromatic rings. The number of aryl methyl sites for hydroxylation is 1. The number of aromatic nitrogens is 1. The number of hydrogen-bond donors (Lipinski definition) is 0. The maximum Gasteiger partial charge on any atom is 0.252 e. The Morgan fingerprint density at radius 2 is 1.93 bits per heavy atom. The third kappa shape index (κ3) is 4.89. The van der Waals surface area contributed by atoms with Crippen LogP contribution < -0.4 is 4.80 Å². The Balaban J connectivity index is 1.93. The normalized spacial score (nSPS) is 12.0. The summed E-state index contributed by atoms with van der Waals surface area (Å²) in [6.45, 7) is 3.38. The standard InChI is InChI=1S/C21H24N2O2S2/c1-4-15-5-7-16(8-6-15)13-20(24)22-21-23(11-12-25-2)18-10-9-17(26-3)14-19(18)27-21/h5-10,14H,4,11-13H2,1-3H3. The second-order valence-corrected chi connectivity index (χ2v) is 8.10. The van der Waals surface area contributed by atoms with Gasteiger partial charge in [0.15, 0.2) is 4.80 Å². The van der Waals surface area contributed by atoms with Crippen LogP contribution >= 0.6 is 23.1 Å². The highest BCUT2D eigenvalue weighted by molar-refractivity contribution is 7.98. The van der Waals surface area contributed by atoms with Gasteiger partial charge in [-0.25, -0.2) is 0 Å². The maximum atomic E-state index is 12.6. The van der Waals surface area contributed by atoms with E-state index in [1.807, 2.05) is 12.1 Å². The van der Waals surface area contributed by atoms with Crippen LogP contribution in [0.3, 0.4) is 0 Å². The van der Waals surface area contributed by atoms with Crippen LogP contribution in [0.5, 0.6) is 0 Å². The lowest BCUT2D eigenvalue weighted by Crippen LogP contribution is -2.19. The zero-order valence-electron chi connectivity index (χ0n) is 15.9. The van der Waals surface area contributed by atoms with E-state index in [0.29, 0.717) is 19.6 Å². The second-order valence-electron chi connectivity index (χ2n) is 6.22. The fourth-order valence-electron chi connectivity index (χ4n) is 2.88. The van der Waals surface area contributed by atoms with E-state index in [1.165, 1.54) is 10.5 Å². The van der Waals surface area contributed by atoms with Crippen LogP contribution in [0.4, 0.5) is 0 Å². The molecule has 1 aromatic heterocycles. The number of carbonyl (C=O) groups excluding carboxylic acids is 1. The van der Waals surface area contributed by atoms with Crippen molar-refractivity contribution in [1.29, 1.82) is 0 Å². The van der Waals surface area contributed by atoms with E-state index >= 15 is 0 Å². The summed E-state index contributed by atoms with van der Waals surface area (Å²) in [6, 6.07) is 14.5. The summed E-state index contributed by atoms with van der Waals surface area (Å²) in [6.07, 6.45) is 3.38. The predicted molar refractivity (Wildman–Crippen MR) is 114 cm³/mol. The summed E-state index contributed by atoms with van der Waals surface area (Å²) in [5.41, 5.74) is 3.36. The molecule has 4 nitrogen and oxygen atoms in total. The Morgan fingerprint density at radius 1 is 1.19 bits per heavy atom. The molecule has 0 spiro atoms. The smallest absolute Gasteiger partial charge is 0.252 e. The third-order valence-electron chi connectivity index (χ3n) is 4.42. The van der Waals surface area contributed by atoms with Gasteiger partial charge in [-0.3, -0.25) is 4.79 Å². The van der Waals surface area contributed by atoms with Crippen LogP contribution in [-0.2, 0) is 28.9 Å². The first-order valence-corrected chi connectivity index (χ1v) is 11.0. The maximum absolute atomic E-state index is 12.6. The summed E-state index contributed by atoms with van der Waals surface area (Å²) in [7, 11) is 1.68. The van der Waals surface area contributed by atoms with E-state index in [-0.39, 0.29) is 5.91 Å². The molecule has 0 N–H and O–H groups in total. The van der Waals surface area contributed by atoms with E-state index in [9.17, 15) is 4.79 Å². The Kier molecular flexibility index (Phi) is 6.88. The summed E-state index contributed by atoms with van der Waals surface area (Å²) < 4.78 is 8.45. The van der Waals surface area contributed by atoms with Crippen molar-refractivity contribution in [3.63, 3.8) is 0 Å². The van der Waals surface area contributed by atoms with Gasteiger partial charge in [-0.2, -0.15) is 4.99 Å². The first-order chi connectivity index (χ1) is 13.1.